The molecule has 9 heteroatoms. The topological polar surface area (TPSA) is 93.1 Å². The molecule has 1 aromatic carbocycles. The number of aliphatic hydroxyl groups is 1. The van der Waals surface area contributed by atoms with E-state index in [1.54, 1.807) is 0 Å². The molecule has 1 N–H and O–H groups in total. The van der Waals surface area contributed by atoms with E-state index in [1.807, 2.05) is 44.2 Å². The molecule has 3 rings (SSSR count). The normalized spacial score (nSPS) is 29.5. The van der Waals surface area contributed by atoms with Gasteiger partial charge >= 0.3 is 11.9 Å². The zero-order valence-electron chi connectivity index (χ0n) is 15.0. The molecule has 4 atom stereocenters. The number of alkyl halides is 1. The largest absolute Gasteiger partial charge is 0.467 e. The summed E-state index contributed by atoms with van der Waals surface area (Å²) >= 11 is 4.57. The second-order valence-corrected chi connectivity index (χ2v) is 10.0. The Morgan fingerprint density at radius 3 is 2.56 bits per heavy atom. The average Bonchev–Trinajstić information content (AvgIpc) is 2.94. The first-order valence-corrected chi connectivity index (χ1v) is 9.97. The van der Waals surface area contributed by atoms with Gasteiger partial charge in [-0.15, -0.1) is 11.8 Å². The lowest BCUT2D eigenvalue weighted by molar-refractivity contribution is -0.173. The van der Waals surface area contributed by atoms with Gasteiger partial charge < -0.3 is 19.5 Å². The molecular weight excluding hydrogens is 438 g/mol. The van der Waals surface area contributed by atoms with Crippen LogP contribution in [0.15, 0.2) is 30.3 Å². The fourth-order valence-electron chi connectivity index (χ4n) is 3.37. The van der Waals surface area contributed by atoms with E-state index in [1.165, 1.54) is 16.7 Å². The molecule has 2 aliphatic rings. The predicted octanol–water partition coefficient (Wildman–Crippen LogP) is 1.46. The average molecular weight is 458 g/mol. The van der Waals surface area contributed by atoms with Crippen molar-refractivity contribution in [3.8, 4) is 0 Å². The minimum Gasteiger partial charge on any atom is -0.467 e. The van der Waals surface area contributed by atoms with Gasteiger partial charge in [0.15, 0.2) is 10.4 Å². The van der Waals surface area contributed by atoms with Crippen molar-refractivity contribution in [3.63, 3.8) is 0 Å². The maximum Gasteiger partial charge on any atom is 0.336 e. The van der Waals surface area contributed by atoms with Crippen molar-refractivity contribution in [2.24, 2.45) is 0 Å². The number of halogens is 1. The zero-order valence-corrected chi connectivity index (χ0v) is 17.5. The summed E-state index contributed by atoms with van der Waals surface area (Å²) in [4.78, 5) is 38.7. The molecule has 27 heavy (non-hydrogen) atoms. The lowest BCUT2D eigenvalue weighted by Gasteiger charge is -2.51. The Kier molecular flexibility index (Phi) is 5.31. The summed E-state index contributed by atoms with van der Waals surface area (Å²) < 4.78 is 7.81. The van der Waals surface area contributed by atoms with E-state index in [0.717, 1.165) is 12.7 Å². The number of esters is 2. The van der Waals surface area contributed by atoms with Crippen molar-refractivity contribution in [2.75, 3.05) is 7.11 Å². The second kappa shape index (κ2) is 7.10. The van der Waals surface area contributed by atoms with Gasteiger partial charge in [-0.2, -0.15) is 0 Å². The highest BCUT2D eigenvalue weighted by Gasteiger charge is 2.74. The maximum atomic E-state index is 12.8. The Balaban J connectivity index is 1.77. The summed E-state index contributed by atoms with van der Waals surface area (Å²) in [5.74, 6) is -1.96. The van der Waals surface area contributed by atoms with E-state index in [4.69, 9.17) is 4.74 Å². The summed E-state index contributed by atoms with van der Waals surface area (Å²) in [6.07, 6.45) is -1.67. The van der Waals surface area contributed by atoms with Gasteiger partial charge in [0.05, 0.1) is 7.11 Å². The molecule has 0 saturated carbocycles. The number of β-lactam (4-membered cyclic amide) rings is 1. The lowest BCUT2D eigenvalue weighted by atomic mass is 9.87. The van der Waals surface area contributed by atoms with Crippen LogP contribution in [0.5, 0.6) is 0 Å². The summed E-state index contributed by atoms with van der Waals surface area (Å²) in [6.45, 7) is 3.76. The Bertz CT molecular complexity index is 772. The third-order valence-electron chi connectivity index (χ3n) is 4.80. The molecule has 0 aromatic heterocycles. The molecule has 2 aliphatic heterocycles. The van der Waals surface area contributed by atoms with E-state index in [-0.39, 0.29) is 6.61 Å². The highest BCUT2D eigenvalue weighted by Crippen LogP contribution is 2.59. The maximum absolute atomic E-state index is 12.8. The quantitative estimate of drug-likeness (QED) is 0.406. The number of methoxy groups -OCH3 is 1. The number of rotatable bonds is 5. The van der Waals surface area contributed by atoms with Gasteiger partial charge in [-0.25, -0.2) is 9.59 Å². The van der Waals surface area contributed by atoms with Gasteiger partial charge in [0.1, 0.15) is 18.0 Å². The molecule has 1 aromatic rings. The fraction of sp³-hybridized carbons (Fsp3) is 0.500. The molecule has 0 aliphatic carbocycles. The number of nitrogens with zero attached hydrogens (tertiary/aromatic N) is 1. The van der Waals surface area contributed by atoms with Crippen LogP contribution < -0.4 is 0 Å². The van der Waals surface area contributed by atoms with Gasteiger partial charge in [-0.05, 0) is 19.4 Å². The third kappa shape index (κ3) is 3.15. The van der Waals surface area contributed by atoms with Crippen molar-refractivity contribution < 1.29 is 29.0 Å². The van der Waals surface area contributed by atoms with Crippen LogP contribution in [0.1, 0.15) is 19.4 Å². The first-order valence-electron chi connectivity index (χ1n) is 8.30. The molecule has 0 bridgehead atoms. The van der Waals surface area contributed by atoms with Gasteiger partial charge in [0.2, 0.25) is 5.91 Å². The monoisotopic (exact) mass is 457 g/mol. The molecule has 146 valence electrons. The molecule has 0 spiro atoms. The number of amides is 1. The van der Waals surface area contributed by atoms with Crippen LogP contribution in [-0.2, 0) is 30.5 Å². The smallest absolute Gasteiger partial charge is 0.336 e. The lowest BCUT2D eigenvalue weighted by Crippen LogP contribution is -2.75. The standard InChI is InChI=1S/C18H20BrNO6S/c1-17(2)11(13(22)26-9-10-7-5-4-6-8-10)20-15(24)18(19,16(20)27-17)12(21)14(23)25-3/h4-8,11-12,16,21H,9H2,1-3H3/t11-,12?,16+,18-/m0/s1. The Morgan fingerprint density at radius 1 is 1.33 bits per heavy atom. The van der Waals surface area contributed by atoms with Crippen LogP contribution >= 0.6 is 27.7 Å². The van der Waals surface area contributed by atoms with Gasteiger partial charge in [0, 0.05) is 4.75 Å². The number of thioether (sulfide) groups is 1. The second-order valence-electron chi connectivity index (χ2n) is 6.98. The zero-order chi connectivity index (χ0) is 20.0. The van der Waals surface area contributed by atoms with Crippen LogP contribution in [0.4, 0.5) is 0 Å². The summed E-state index contributed by atoms with van der Waals surface area (Å²) in [5, 5.41) is 9.67. The summed E-state index contributed by atoms with van der Waals surface area (Å²) in [5.41, 5.74) is 0.844. The van der Waals surface area contributed by atoms with E-state index in [9.17, 15) is 19.5 Å². The molecule has 2 heterocycles. The van der Waals surface area contributed by atoms with E-state index >= 15 is 0 Å². The van der Waals surface area contributed by atoms with Crippen LogP contribution in [0.3, 0.4) is 0 Å². The number of ether oxygens (including phenoxy) is 2. The molecule has 2 saturated heterocycles. The van der Waals surface area contributed by atoms with Gasteiger partial charge in [-0.3, -0.25) is 4.79 Å². The Morgan fingerprint density at radius 2 is 1.96 bits per heavy atom. The minimum absolute atomic E-state index is 0.105. The Labute approximate surface area is 169 Å². The SMILES string of the molecule is COC(=O)C(O)[C@]1(Br)C(=O)N2[C@@H](C(=O)OCc3ccccc3)C(C)(C)S[C@@H]21. The van der Waals surface area contributed by atoms with Gasteiger partial charge in [-0.1, -0.05) is 46.3 Å². The van der Waals surface area contributed by atoms with E-state index in [2.05, 4.69) is 20.7 Å². The minimum atomic E-state index is -1.67. The number of carbonyl (C=O) groups excluding carboxylic acids is 3. The summed E-state index contributed by atoms with van der Waals surface area (Å²) in [6, 6.07) is 8.43. The highest BCUT2D eigenvalue weighted by molar-refractivity contribution is 9.10. The number of carbonyl (C=O) groups is 3. The highest BCUT2D eigenvalue weighted by atomic mass is 79.9. The molecule has 2 fully saturated rings. The number of fused-ring (bicyclic) bond motifs is 1. The van der Waals surface area contributed by atoms with Gasteiger partial charge in [0.25, 0.3) is 0 Å². The molecule has 1 amide bonds. The van der Waals surface area contributed by atoms with Crippen molar-refractivity contribution in [3.05, 3.63) is 35.9 Å². The molecule has 1 unspecified atom stereocenters. The molecular formula is C18H20BrNO6S. The van der Waals surface area contributed by atoms with Crippen molar-refractivity contribution >= 4 is 45.5 Å². The number of hydrogen-bond acceptors (Lipinski definition) is 7. The van der Waals surface area contributed by atoms with Crippen LogP contribution in [0, 0.1) is 0 Å². The number of benzene rings is 1. The van der Waals surface area contributed by atoms with Crippen LogP contribution in [-0.4, -0.2) is 61.6 Å². The predicted molar refractivity (Wildman–Crippen MR) is 102 cm³/mol. The first kappa shape index (κ1) is 20.2. The Hall–Kier alpha value is -1.58. The van der Waals surface area contributed by atoms with Crippen molar-refractivity contribution in [1.29, 1.82) is 0 Å². The van der Waals surface area contributed by atoms with E-state index < -0.39 is 44.4 Å². The number of hydrogen-bond donors (Lipinski definition) is 1. The summed E-state index contributed by atoms with van der Waals surface area (Å²) in [7, 11) is 1.14. The first-order chi connectivity index (χ1) is 12.6. The van der Waals surface area contributed by atoms with Crippen molar-refractivity contribution in [1.82, 2.24) is 4.90 Å². The van der Waals surface area contributed by atoms with Crippen LogP contribution in [0.2, 0.25) is 0 Å². The molecule has 7 nitrogen and oxygen atoms in total. The fourth-order valence-corrected chi connectivity index (χ4v) is 5.91. The third-order valence-corrected chi connectivity index (χ3v) is 7.96. The van der Waals surface area contributed by atoms with E-state index in [0.29, 0.717) is 0 Å². The molecule has 0 radical (unpaired) electrons. The number of aliphatic hydroxyl groups excluding tert-OH is 1. The van der Waals surface area contributed by atoms with Crippen LogP contribution in [0.25, 0.3) is 0 Å². The van der Waals surface area contributed by atoms with Crippen molar-refractivity contribution in [2.45, 2.75) is 47.0 Å².